The first-order valence-electron chi connectivity index (χ1n) is 7.27. The number of amides is 1. The van der Waals surface area contributed by atoms with Gasteiger partial charge in [0.2, 0.25) is 0 Å². The van der Waals surface area contributed by atoms with E-state index in [9.17, 15) is 9.18 Å². The van der Waals surface area contributed by atoms with Crippen molar-refractivity contribution in [1.29, 1.82) is 5.26 Å². The van der Waals surface area contributed by atoms with Crippen LogP contribution in [-0.4, -0.2) is 30.6 Å². The van der Waals surface area contributed by atoms with Crippen molar-refractivity contribution in [3.8, 4) is 12.0 Å². The van der Waals surface area contributed by atoms with Crippen LogP contribution in [0.15, 0.2) is 43.0 Å². The van der Waals surface area contributed by atoms with Gasteiger partial charge in [0.25, 0.3) is 11.9 Å². The zero-order chi connectivity index (χ0) is 17.8. The molecule has 0 aliphatic heterocycles. The van der Waals surface area contributed by atoms with E-state index in [1.807, 2.05) is 6.07 Å². The minimum atomic E-state index is -0.566. The molecular formula is C16H12FN7O. The number of aromatic nitrogens is 5. The Labute approximate surface area is 142 Å². The van der Waals surface area contributed by atoms with Gasteiger partial charge < -0.3 is 5.32 Å². The predicted octanol–water partition coefficient (Wildman–Crippen LogP) is 1.56. The number of hydrogen-bond donors (Lipinski definition) is 1. The van der Waals surface area contributed by atoms with Crippen molar-refractivity contribution in [2.24, 2.45) is 0 Å². The van der Waals surface area contributed by atoms with Crippen LogP contribution >= 0.6 is 0 Å². The van der Waals surface area contributed by atoms with Gasteiger partial charge in [-0.05, 0) is 25.1 Å². The van der Waals surface area contributed by atoms with Gasteiger partial charge in [-0.25, -0.2) is 19.3 Å². The second-order valence-corrected chi connectivity index (χ2v) is 5.12. The molecule has 0 radical (unpaired) electrons. The average Bonchev–Trinajstić information content (AvgIpc) is 3.12. The molecule has 0 bridgehead atoms. The summed E-state index contributed by atoms with van der Waals surface area (Å²) in [7, 11) is 0. The summed E-state index contributed by atoms with van der Waals surface area (Å²) in [5.74, 6) is -0.402. The summed E-state index contributed by atoms with van der Waals surface area (Å²) in [6.07, 6.45) is 3.33. The number of halogens is 1. The Morgan fingerprint density at radius 2 is 2.08 bits per heavy atom. The van der Waals surface area contributed by atoms with Crippen LogP contribution in [0.25, 0.3) is 5.95 Å². The highest BCUT2D eigenvalue weighted by atomic mass is 19.1. The minimum absolute atomic E-state index is 0.140. The van der Waals surface area contributed by atoms with E-state index in [2.05, 4.69) is 25.4 Å². The molecule has 2 aromatic heterocycles. The first-order chi connectivity index (χ1) is 12.1. The zero-order valence-corrected chi connectivity index (χ0v) is 13.1. The number of hydrogen-bond acceptors (Lipinski definition) is 6. The maximum absolute atomic E-state index is 13.0. The number of benzene rings is 1. The fraction of sp³-hybridized carbons (Fsp3) is 0.125. The van der Waals surface area contributed by atoms with Crippen molar-refractivity contribution in [3.05, 3.63) is 65.8 Å². The highest BCUT2D eigenvalue weighted by Crippen LogP contribution is 2.13. The number of rotatable bonds is 4. The van der Waals surface area contributed by atoms with Gasteiger partial charge in [0, 0.05) is 5.56 Å². The van der Waals surface area contributed by atoms with Crippen LogP contribution in [0.3, 0.4) is 0 Å². The molecule has 0 fully saturated rings. The maximum Gasteiger partial charge on any atom is 0.252 e. The van der Waals surface area contributed by atoms with Crippen LogP contribution in [0.5, 0.6) is 0 Å². The van der Waals surface area contributed by atoms with E-state index in [0.29, 0.717) is 17.0 Å². The maximum atomic E-state index is 13.0. The third-order valence-corrected chi connectivity index (χ3v) is 3.36. The Bertz CT molecular complexity index is 946. The van der Waals surface area contributed by atoms with Gasteiger partial charge in [0.05, 0.1) is 30.1 Å². The fourth-order valence-electron chi connectivity index (χ4n) is 2.19. The molecule has 3 rings (SSSR count). The van der Waals surface area contributed by atoms with Gasteiger partial charge >= 0.3 is 0 Å². The van der Waals surface area contributed by atoms with Crippen LogP contribution in [0.4, 0.5) is 4.39 Å². The van der Waals surface area contributed by atoms with Gasteiger partial charge in [-0.15, -0.1) is 0 Å². The Balaban J connectivity index is 1.81. The number of nitrogens with one attached hydrogen (secondary N) is 1. The quantitative estimate of drug-likeness (QED) is 0.774. The Hall–Kier alpha value is -3.67. The molecule has 0 saturated carbocycles. The zero-order valence-electron chi connectivity index (χ0n) is 13.1. The molecule has 1 N–H and O–H groups in total. The van der Waals surface area contributed by atoms with E-state index in [1.165, 1.54) is 17.1 Å². The highest BCUT2D eigenvalue weighted by Gasteiger charge is 2.19. The van der Waals surface area contributed by atoms with Crippen LogP contribution in [-0.2, 0) is 0 Å². The second kappa shape index (κ2) is 6.84. The van der Waals surface area contributed by atoms with Crippen LogP contribution in [0.1, 0.15) is 34.7 Å². The molecule has 8 nitrogen and oxygen atoms in total. The van der Waals surface area contributed by atoms with Crippen molar-refractivity contribution in [3.63, 3.8) is 0 Å². The summed E-state index contributed by atoms with van der Waals surface area (Å²) in [6, 6.07) is 7.82. The molecule has 0 aliphatic carbocycles. The molecule has 3 aromatic rings. The molecule has 1 amide bonds. The Morgan fingerprint density at radius 3 is 2.80 bits per heavy atom. The first-order valence-corrected chi connectivity index (χ1v) is 7.27. The number of carbonyl (C=O) groups is 1. The summed E-state index contributed by atoms with van der Waals surface area (Å²) < 4.78 is 14.3. The van der Waals surface area contributed by atoms with E-state index in [1.54, 1.807) is 25.1 Å². The van der Waals surface area contributed by atoms with Crippen molar-refractivity contribution in [2.75, 3.05) is 0 Å². The number of nitrogens with zero attached hydrogens (tertiary/aromatic N) is 6. The third-order valence-electron chi connectivity index (χ3n) is 3.36. The lowest BCUT2D eigenvalue weighted by atomic mass is 10.1. The largest absolute Gasteiger partial charge is 0.342 e. The summed E-state index contributed by atoms with van der Waals surface area (Å²) in [6.45, 7) is 1.72. The standard InChI is InChI=1S/C16H12FN7O/c1-10(23-15(25)12-4-2-3-11(5-12)6-18)14-21-9-22-24(14)16-19-7-13(17)8-20-16/h2-5,7-10H,1H3,(H,23,25)/t10-/m0/s1. The lowest BCUT2D eigenvalue weighted by Crippen LogP contribution is -2.29. The van der Waals surface area contributed by atoms with Crippen LogP contribution < -0.4 is 5.32 Å². The monoisotopic (exact) mass is 337 g/mol. The van der Waals surface area contributed by atoms with Crippen molar-refractivity contribution in [1.82, 2.24) is 30.0 Å². The lowest BCUT2D eigenvalue weighted by molar-refractivity contribution is 0.0938. The predicted molar refractivity (Wildman–Crippen MR) is 83.9 cm³/mol. The smallest absolute Gasteiger partial charge is 0.252 e. The molecule has 0 saturated heterocycles. The minimum Gasteiger partial charge on any atom is -0.342 e. The summed E-state index contributed by atoms with van der Waals surface area (Å²) in [4.78, 5) is 24.2. The topological polar surface area (TPSA) is 109 Å². The molecule has 0 unspecified atom stereocenters. The Kier molecular flexibility index (Phi) is 4.43. The van der Waals surface area contributed by atoms with Gasteiger partial charge in [-0.1, -0.05) is 6.07 Å². The number of carbonyl (C=O) groups excluding carboxylic acids is 1. The van der Waals surface area contributed by atoms with Crippen LogP contribution in [0.2, 0.25) is 0 Å². The molecule has 124 valence electrons. The van der Waals surface area contributed by atoms with Crippen molar-refractivity contribution >= 4 is 5.91 Å². The molecular weight excluding hydrogens is 325 g/mol. The third kappa shape index (κ3) is 3.48. The summed E-state index contributed by atoms with van der Waals surface area (Å²) in [5, 5.41) is 15.7. The Morgan fingerprint density at radius 1 is 1.32 bits per heavy atom. The first kappa shape index (κ1) is 16.2. The molecule has 0 spiro atoms. The molecule has 9 heteroatoms. The van der Waals surface area contributed by atoms with E-state index in [4.69, 9.17) is 5.26 Å². The van der Waals surface area contributed by atoms with Gasteiger partial charge in [-0.3, -0.25) is 4.79 Å². The SMILES string of the molecule is C[C@H](NC(=O)c1cccc(C#N)c1)c1ncnn1-c1ncc(F)cn1. The molecule has 1 aromatic carbocycles. The van der Waals surface area contributed by atoms with Crippen molar-refractivity contribution in [2.45, 2.75) is 13.0 Å². The normalized spacial score (nSPS) is 11.6. The fourth-order valence-corrected chi connectivity index (χ4v) is 2.19. The van der Waals surface area contributed by atoms with E-state index in [-0.39, 0.29) is 11.9 Å². The van der Waals surface area contributed by atoms with Gasteiger partial charge in [0.1, 0.15) is 6.33 Å². The highest BCUT2D eigenvalue weighted by molar-refractivity contribution is 5.94. The van der Waals surface area contributed by atoms with Crippen molar-refractivity contribution < 1.29 is 9.18 Å². The van der Waals surface area contributed by atoms with E-state index < -0.39 is 11.9 Å². The molecule has 0 aliphatic rings. The second-order valence-electron chi connectivity index (χ2n) is 5.12. The molecule has 1 atom stereocenters. The summed E-state index contributed by atoms with van der Waals surface area (Å²) in [5.41, 5.74) is 0.748. The number of nitriles is 1. The molecule has 2 heterocycles. The van der Waals surface area contributed by atoms with Gasteiger partial charge in [0.15, 0.2) is 11.6 Å². The van der Waals surface area contributed by atoms with Gasteiger partial charge in [-0.2, -0.15) is 15.0 Å². The van der Waals surface area contributed by atoms with E-state index in [0.717, 1.165) is 12.4 Å². The average molecular weight is 337 g/mol. The van der Waals surface area contributed by atoms with Crippen LogP contribution in [0, 0.1) is 17.1 Å². The van der Waals surface area contributed by atoms with E-state index >= 15 is 0 Å². The summed E-state index contributed by atoms with van der Waals surface area (Å²) >= 11 is 0. The molecule has 25 heavy (non-hydrogen) atoms. The lowest BCUT2D eigenvalue weighted by Gasteiger charge is -2.14.